The average Bonchev–Trinajstić information content (AvgIpc) is 2.84. The van der Waals surface area contributed by atoms with E-state index in [0.29, 0.717) is 38.0 Å². The maximum absolute atomic E-state index is 12.2. The predicted octanol–water partition coefficient (Wildman–Crippen LogP) is 6.86. The van der Waals surface area contributed by atoms with Gasteiger partial charge < -0.3 is 15.4 Å². The number of halogens is 5. The molecule has 3 aromatic carbocycles. The Balaban J connectivity index is 1.35. The summed E-state index contributed by atoms with van der Waals surface area (Å²) in [4.78, 5) is 10.00. The first-order valence-electron chi connectivity index (χ1n) is 10.5. The lowest BCUT2D eigenvalue weighted by Crippen LogP contribution is -2.38. The van der Waals surface area contributed by atoms with Crippen LogP contribution in [0.4, 0.5) is 24.5 Å². The van der Waals surface area contributed by atoms with Crippen molar-refractivity contribution in [1.29, 1.82) is 0 Å². The normalized spacial score (nSPS) is 15.5. The minimum atomic E-state index is -4.75. The van der Waals surface area contributed by atoms with Gasteiger partial charge in [0, 0.05) is 5.56 Å². The summed E-state index contributed by atoms with van der Waals surface area (Å²) in [5.41, 5.74) is 8.53. The fourth-order valence-electron chi connectivity index (χ4n) is 3.03. The second-order valence-corrected chi connectivity index (χ2v) is 9.05. The monoisotopic (exact) mass is 564 g/mol. The van der Waals surface area contributed by atoms with Gasteiger partial charge in [-0.2, -0.15) is 5.10 Å². The molecule has 1 aliphatic rings. The van der Waals surface area contributed by atoms with Crippen molar-refractivity contribution in [3.8, 4) is 5.75 Å². The number of thioether (sulfide) groups is 1. The number of nitrogens with zero attached hydrogens (tertiary/aromatic N) is 5. The number of benzene rings is 3. The van der Waals surface area contributed by atoms with E-state index in [4.69, 9.17) is 28.9 Å². The number of amidine groups is 2. The molecule has 37 heavy (non-hydrogen) atoms. The van der Waals surface area contributed by atoms with Crippen LogP contribution in [0.1, 0.15) is 11.1 Å². The number of hydrogen-bond donors (Lipinski definition) is 1. The summed E-state index contributed by atoms with van der Waals surface area (Å²) >= 11 is 14.1. The molecule has 3 aromatic rings. The maximum atomic E-state index is 12.2. The topological polar surface area (TPSA) is 87.9 Å². The Kier molecular flexibility index (Phi) is 8.37. The van der Waals surface area contributed by atoms with Crippen molar-refractivity contribution >= 4 is 69.9 Å². The number of aliphatic imine (C=N–C) groups is 2. The van der Waals surface area contributed by atoms with Crippen LogP contribution in [0, 0.1) is 0 Å². The summed E-state index contributed by atoms with van der Waals surface area (Å²) in [6, 6.07) is 17.5. The van der Waals surface area contributed by atoms with Gasteiger partial charge in [0.25, 0.3) is 0 Å². The lowest BCUT2D eigenvalue weighted by molar-refractivity contribution is -0.274. The van der Waals surface area contributed by atoms with Crippen LogP contribution >= 0.6 is 35.0 Å². The smallest absolute Gasteiger partial charge is 0.406 e. The molecule has 1 saturated heterocycles. The maximum Gasteiger partial charge on any atom is 0.573 e. The van der Waals surface area contributed by atoms with Gasteiger partial charge in [-0.15, -0.1) is 18.3 Å². The van der Waals surface area contributed by atoms with E-state index in [1.807, 2.05) is 4.90 Å². The summed E-state index contributed by atoms with van der Waals surface area (Å²) in [7, 11) is 0. The third-order valence-corrected chi connectivity index (χ3v) is 6.35. The van der Waals surface area contributed by atoms with E-state index in [0.717, 1.165) is 17.7 Å². The molecule has 0 saturated carbocycles. The zero-order valence-corrected chi connectivity index (χ0v) is 21.1. The van der Waals surface area contributed by atoms with E-state index in [1.165, 1.54) is 30.2 Å². The molecule has 0 bridgehead atoms. The lowest BCUT2D eigenvalue weighted by atomic mass is 10.1. The molecule has 4 rings (SSSR count). The van der Waals surface area contributed by atoms with Crippen LogP contribution < -0.4 is 15.4 Å². The third-order valence-electron chi connectivity index (χ3n) is 4.79. The number of rotatable bonds is 7. The van der Waals surface area contributed by atoms with Gasteiger partial charge in [-0.25, -0.2) is 9.98 Å². The number of nitrogens with two attached hydrogens (primary N) is 1. The molecule has 1 fully saturated rings. The first-order chi connectivity index (χ1) is 17.7. The minimum Gasteiger partial charge on any atom is -0.406 e. The Hall–Kier alpha value is -3.54. The Morgan fingerprint density at radius 2 is 1.68 bits per heavy atom. The van der Waals surface area contributed by atoms with Gasteiger partial charge in [0.2, 0.25) is 0 Å². The summed E-state index contributed by atoms with van der Waals surface area (Å²) in [5.74, 6) is 0.549. The summed E-state index contributed by atoms with van der Waals surface area (Å²) in [6.45, 7) is 0. The van der Waals surface area contributed by atoms with Gasteiger partial charge in [-0.05, 0) is 42.0 Å². The van der Waals surface area contributed by atoms with E-state index in [2.05, 4.69) is 24.9 Å². The van der Waals surface area contributed by atoms with Crippen LogP contribution in [0.2, 0.25) is 10.0 Å². The Morgan fingerprint density at radius 3 is 2.27 bits per heavy atom. The van der Waals surface area contributed by atoms with Crippen molar-refractivity contribution in [2.75, 3.05) is 10.8 Å². The Bertz CT molecular complexity index is 1360. The van der Waals surface area contributed by atoms with Crippen molar-refractivity contribution in [3.05, 3.63) is 87.9 Å². The average molecular weight is 565 g/mol. The molecule has 0 aromatic heterocycles. The molecule has 190 valence electrons. The fourth-order valence-corrected chi connectivity index (χ4v) is 4.33. The van der Waals surface area contributed by atoms with Crippen LogP contribution in [-0.2, 0) is 0 Å². The Morgan fingerprint density at radius 1 is 1.00 bits per heavy atom. The summed E-state index contributed by atoms with van der Waals surface area (Å²) < 4.78 is 40.5. The molecule has 2 N–H and O–H groups in total. The van der Waals surface area contributed by atoms with Crippen LogP contribution in [0.15, 0.2) is 86.9 Å². The van der Waals surface area contributed by atoms with Gasteiger partial charge in [-0.3, -0.25) is 0 Å². The molecule has 1 aliphatic heterocycles. The fraction of sp³-hybridized carbons (Fsp3) is 0.0833. The van der Waals surface area contributed by atoms with Crippen LogP contribution in [0.3, 0.4) is 0 Å². The zero-order valence-electron chi connectivity index (χ0n) is 18.7. The quantitative estimate of drug-likeness (QED) is 0.193. The van der Waals surface area contributed by atoms with Crippen LogP contribution in [-0.4, -0.2) is 35.8 Å². The first-order valence-corrected chi connectivity index (χ1v) is 12.2. The number of anilines is 1. The molecular weight excluding hydrogens is 548 g/mol. The lowest BCUT2D eigenvalue weighted by Gasteiger charge is -2.33. The second-order valence-electron chi connectivity index (χ2n) is 7.32. The van der Waals surface area contributed by atoms with Crippen molar-refractivity contribution in [1.82, 2.24) is 0 Å². The number of hydrogen-bond acceptors (Lipinski definition) is 5. The van der Waals surface area contributed by atoms with Crippen molar-refractivity contribution in [3.63, 3.8) is 0 Å². The van der Waals surface area contributed by atoms with Crippen molar-refractivity contribution in [2.45, 2.75) is 6.36 Å². The molecule has 0 radical (unpaired) electrons. The highest BCUT2D eigenvalue weighted by molar-refractivity contribution is 8.16. The summed E-state index contributed by atoms with van der Waals surface area (Å²) in [6.07, 6.45) is -1.93. The second kappa shape index (κ2) is 11.7. The predicted molar refractivity (Wildman–Crippen MR) is 145 cm³/mol. The molecular formula is C24H17Cl2F3N6OS. The molecule has 0 aliphatic carbocycles. The zero-order chi connectivity index (χ0) is 26.4. The van der Waals surface area contributed by atoms with Gasteiger partial charge in [0.1, 0.15) is 17.9 Å². The van der Waals surface area contributed by atoms with E-state index in [-0.39, 0.29) is 11.6 Å². The molecule has 13 heteroatoms. The highest BCUT2D eigenvalue weighted by Crippen LogP contribution is 2.40. The van der Waals surface area contributed by atoms with Gasteiger partial charge >= 0.3 is 6.36 Å². The molecule has 0 spiro atoms. The van der Waals surface area contributed by atoms with Gasteiger partial charge in [0.15, 0.2) is 5.17 Å². The van der Waals surface area contributed by atoms with E-state index >= 15 is 0 Å². The molecule has 0 atom stereocenters. The highest BCUT2D eigenvalue weighted by Gasteiger charge is 2.31. The van der Waals surface area contributed by atoms with E-state index in [9.17, 15) is 13.2 Å². The highest BCUT2D eigenvalue weighted by atomic mass is 35.5. The Labute approximate surface area is 224 Å². The van der Waals surface area contributed by atoms with Crippen LogP contribution in [0.25, 0.3) is 0 Å². The molecule has 7 nitrogen and oxygen atoms in total. The number of ether oxygens (including phenoxy) is 1. The largest absolute Gasteiger partial charge is 0.573 e. The minimum absolute atomic E-state index is 0.211. The van der Waals surface area contributed by atoms with Gasteiger partial charge in [-0.1, -0.05) is 65.3 Å². The number of alkyl halides is 3. The van der Waals surface area contributed by atoms with Crippen molar-refractivity contribution < 1.29 is 17.9 Å². The third kappa shape index (κ3) is 7.25. The van der Waals surface area contributed by atoms with Crippen molar-refractivity contribution in [2.24, 2.45) is 25.9 Å². The van der Waals surface area contributed by atoms with E-state index in [1.54, 1.807) is 48.7 Å². The standard InChI is InChI=1S/C24H17Cl2F3N6OS/c25-19-2-1-3-20(26)21(19)35-14-37-23(35)34-33-12-15-4-6-16(7-5-15)22(30)32-13-31-17-8-10-18(11-9-17)36-24(27,28)29/h1-13H,14H2,(H2,30,31,32)/b33-12-,34-23+. The van der Waals surface area contributed by atoms with Crippen LogP contribution in [0.5, 0.6) is 5.75 Å². The number of para-hydroxylation sites is 1. The summed E-state index contributed by atoms with van der Waals surface area (Å²) in [5, 5.41) is 10.1. The first kappa shape index (κ1) is 26.5. The molecule has 1 heterocycles. The van der Waals surface area contributed by atoms with Gasteiger partial charge in [0.05, 0.1) is 33.5 Å². The SMILES string of the molecule is NC(=NC=Nc1ccc(OC(F)(F)F)cc1)c1ccc(/C=N\N=C2\SCN2c2c(Cl)cccc2Cl)cc1. The van der Waals surface area contributed by atoms with E-state index < -0.39 is 6.36 Å². The molecule has 0 unspecified atom stereocenters. The molecule has 0 amide bonds.